The normalized spacial score (nSPS) is 9.76. The minimum atomic E-state index is -0.472. The number of carbonyl (C=O) groups is 2. The molecule has 0 aliphatic carbocycles. The third kappa shape index (κ3) is 4.42. The lowest BCUT2D eigenvalue weighted by molar-refractivity contribution is -0.126. The molecule has 0 saturated heterocycles. The van der Waals surface area contributed by atoms with Crippen molar-refractivity contribution >= 4 is 23.4 Å². The number of hydrogen-bond donors (Lipinski definition) is 2. The van der Waals surface area contributed by atoms with Crippen molar-refractivity contribution in [1.82, 2.24) is 10.9 Å². The van der Waals surface area contributed by atoms with Gasteiger partial charge in [0.1, 0.15) is 6.61 Å². The van der Waals surface area contributed by atoms with Gasteiger partial charge in [-0.2, -0.15) is 0 Å². The maximum atomic E-state index is 11.6. The second kappa shape index (κ2) is 6.88. The van der Waals surface area contributed by atoms with Gasteiger partial charge < -0.3 is 4.74 Å². The zero-order valence-corrected chi connectivity index (χ0v) is 10.1. The van der Waals surface area contributed by atoms with Gasteiger partial charge in [0, 0.05) is 6.61 Å². The highest BCUT2D eigenvalue weighted by atomic mass is 35.5. The summed E-state index contributed by atoms with van der Waals surface area (Å²) in [6.45, 7) is 2.11. The average molecular weight is 257 g/mol. The number of hydrogen-bond acceptors (Lipinski definition) is 3. The number of benzene rings is 1. The number of halogens is 1. The van der Waals surface area contributed by atoms with Crippen molar-refractivity contribution in [2.24, 2.45) is 0 Å². The maximum Gasteiger partial charge on any atom is 0.271 e. The molecule has 1 rings (SSSR count). The first kappa shape index (κ1) is 13.5. The minimum absolute atomic E-state index is 0.0979. The van der Waals surface area contributed by atoms with E-state index in [0.717, 1.165) is 0 Å². The highest BCUT2D eigenvalue weighted by Gasteiger charge is 2.10. The Bertz CT molecular complexity index is 409. The molecule has 0 aliphatic heterocycles. The molecule has 92 valence electrons. The lowest BCUT2D eigenvalue weighted by Gasteiger charge is -2.08. The lowest BCUT2D eigenvalue weighted by atomic mass is 10.2. The number of carbonyl (C=O) groups excluding carboxylic acids is 2. The average Bonchev–Trinajstić information content (AvgIpc) is 2.34. The van der Waals surface area contributed by atoms with Crippen molar-refractivity contribution in [3.05, 3.63) is 34.9 Å². The summed E-state index contributed by atoms with van der Waals surface area (Å²) >= 11 is 5.82. The van der Waals surface area contributed by atoms with Gasteiger partial charge in [0.15, 0.2) is 0 Å². The van der Waals surface area contributed by atoms with Crippen LogP contribution in [-0.2, 0) is 9.53 Å². The van der Waals surface area contributed by atoms with Crippen LogP contribution in [0.15, 0.2) is 24.3 Å². The standard InChI is InChI=1S/C11H13ClN2O3/c1-2-17-7-10(15)13-14-11(16)8-5-3-4-6-9(8)12/h3-6H,2,7H2,1H3,(H,13,15)(H,14,16). The van der Waals surface area contributed by atoms with Crippen LogP contribution >= 0.6 is 11.6 Å². The number of nitrogens with one attached hydrogen (secondary N) is 2. The van der Waals surface area contributed by atoms with E-state index in [1.165, 1.54) is 0 Å². The zero-order valence-electron chi connectivity index (χ0n) is 9.33. The van der Waals surface area contributed by atoms with E-state index in [0.29, 0.717) is 17.2 Å². The molecule has 0 aromatic heterocycles. The first-order valence-corrected chi connectivity index (χ1v) is 5.44. The lowest BCUT2D eigenvalue weighted by Crippen LogP contribution is -2.43. The van der Waals surface area contributed by atoms with Crippen LogP contribution in [0.25, 0.3) is 0 Å². The number of rotatable bonds is 4. The van der Waals surface area contributed by atoms with Gasteiger partial charge >= 0.3 is 0 Å². The fraction of sp³-hybridized carbons (Fsp3) is 0.273. The van der Waals surface area contributed by atoms with Crippen molar-refractivity contribution in [3.8, 4) is 0 Å². The highest BCUT2D eigenvalue weighted by Crippen LogP contribution is 2.13. The molecule has 0 unspecified atom stereocenters. The number of ether oxygens (including phenoxy) is 1. The SMILES string of the molecule is CCOCC(=O)NNC(=O)c1ccccc1Cl. The maximum absolute atomic E-state index is 11.6. The van der Waals surface area contributed by atoms with E-state index >= 15 is 0 Å². The van der Waals surface area contributed by atoms with E-state index < -0.39 is 11.8 Å². The zero-order chi connectivity index (χ0) is 12.7. The van der Waals surface area contributed by atoms with E-state index in [2.05, 4.69) is 10.9 Å². The predicted octanol–water partition coefficient (Wildman–Crippen LogP) is 1.14. The molecule has 2 amide bonds. The summed E-state index contributed by atoms with van der Waals surface area (Å²) in [7, 11) is 0. The summed E-state index contributed by atoms with van der Waals surface area (Å²) in [5.74, 6) is -0.896. The Kier molecular flexibility index (Phi) is 5.45. The molecule has 0 saturated carbocycles. The third-order valence-electron chi connectivity index (χ3n) is 1.87. The molecule has 0 heterocycles. The van der Waals surface area contributed by atoms with Crippen LogP contribution < -0.4 is 10.9 Å². The van der Waals surface area contributed by atoms with E-state index in [-0.39, 0.29) is 6.61 Å². The predicted molar refractivity (Wildman–Crippen MR) is 63.6 cm³/mol. The van der Waals surface area contributed by atoms with E-state index in [1.54, 1.807) is 31.2 Å². The van der Waals surface area contributed by atoms with E-state index in [1.807, 2.05) is 0 Å². The molecule has 0 fully saturated rings. The first-order chi connectivity index (χ1) is 8.15. The van der Waals surface area contributed by atoms with Gasteiger partial charge in [-0.25, -0.2) is 0 Å². The van der Waals surface area contributed by atoms with Crippen molar-refractivity contribution in [3.63, 3.8) is 0 Å². The fourth-order valence-corrected chi connectivity index (χ4v) is 1.29. The Balaban J connectivity index is 2.45. The van der Waals surface area contributed by atoms with Crippen LogP contribution in [-0.4, -0.2) is 25.0 Å². The van der Waals surface area contributed by atoms with Crippen LogP contribution in [0, 0.1) is 0 Å². The molecule has 6 heteroatoms. The summed E-state index contributed by atoms with van der Waals surface area (Å²) in [4.78, 5) is 22.7. The van der Waals surface area contributed by atoms with Crippen molar-refractivity contribution < 1.29 is 14.3 Å². The smallest absolute Gasteiger partial charge is 0.271 e. The fourth-order valence-electron chi connectivity index (χ4n) is 1.07. The summed E-state index contributed by atoms with van der Waals surface area (Å²) in [5, 5.41) is 0.323. The Morgan fingerprint density at radius 2 is 2.00 bits per heavy atom. The molecular weight excluding hydrogens is 244 g/mol. The Morgan fingerprint density at radius 1 is 1.29 bits per heavy atom. The van der Waals surface area contributed by atoms with Gasteiger partial charge in [0.2, 0.25) is 0 Å². The van der Waals surface area contributed by atoms with E-state index in [9.17, 15) is 9.59 Å². The Hall–Kier alpha value is -1.59. The largest absolute Gasteiger partial charge is 0.372 e. The third-order valence-corrected chi connectivity index (χ3v) is 2.20. The van der Waals surface area contributed by atoms with E-state index in [4.69, 9.17) is 16.3 Å². The second-order valence-corrected chi connectivity index (χ2v) is 3.53. The van der Waals surface area contributed by atoms with Gasteiger partial charge in [-0.15, -0.1) is 0 Å². The second-order valence-electron chi connectivity index (χ2n) is 3.12. The number of amides is 2. The minimum Gasteiger partial charge on any atom is -0.372 e. The Labute approximate surface area is 104 Å². The molecule has 0 bridgehead atoms. The van der Waals surface area contributed by atoms with Crippen LogP contribution in [0.3, 0.4) is 0 Å². The molecule has 0 spiro atoms. The van der Waals surface area contributed by atoms with Crippen LogP contribution in [0.2, 0.25) is 5.02 Å². The molecule has 1 aromatic carbocycles. The van der Waals surface area contributed by atoms with Crippen LogP contribution in [0.5, 0.6) is 0 Å². The number of hydrazine groups is 1. The van der Waals surface area contributed by atoms with Crippen molar-refractivity contribution in [1.29, 1.82) is 0 Å². The summed E-state index contributed by atoms with van der Waals surface area (Å²) in [5.41, 5.74) is 4.76. The molecule has 5 nitrogen and oxygen atoms in total. The molecule has 0 radical (unpaired) electrons. The topological polar surface area (TPSA) is 67.4 Å². The van der Waals surface area contributed by atoms with Gasteiger partial charge in [-0.1, -0.05) is 23.7 Å². The Morgan fingerprint density at radius 3 is 2.65 bits per heavy atom. The van der Waals surface area contributed by atoms with Gasteiger partial charge in [-0.05, 0) is 19.1 Å². The van der Waals surface area contributed by atoms with Gasteiger partial charge in [0.25, 0.3) is 11.8 Å². The molecule has 17 heavy (non-hydrogen) atoms. The summed E-state index contributed by atoms with van der Waals surface area (Å²) < 4.78 is 4.87. The molecule has 1 aromatic rings. The molecular formula is C11H13ClN2O3. The van der Waals surface area contributed by atoms with Crippen LogP contribution in [0.4, 0.5) is 0 Å². The molecule has 2 N–H and O–H groups in total. The highest BCUT2D eigenvalue weighted by molar-refractivity contribution is 6.33. The van der Waals surface area contributed by atoms with Gasteiger partial charge in [-0.3, -0.25) is 20.4 Å². The van der Waals surface area contributed by atoms with Crippen molar-refractivity contribution in [2.75, 3.05) is 13.2 Å². The monoisotopic (exact) mass is 256 g/mol. The molecule has 0 aliphatic rings. The summed E-state index contributed by atoms with van der Waals surface area (Å²) in [6.07, 6.45) is 0. The summed E-state index contributed by atoms with van der Waals surface area (Å²) in [6, 6.07) is 6.56. The first-order valence-electron chi connectivity index (χ1n) is 5.06. The van der Waals surface area contributed by atoms with Crippen LogP contribution in [0.1, 0.15) is 17.3 Å². The van der Waals surface area contributed by atoms with Crippen molar-refractivity contribution in [2.45, 2.75) is 6.92 Å². The van der Waals surface area contributed by atoms with Gasteiger partial charge in [0.05, 0.1) is 10.6 Å². The molecule has 0 atom stereocenters. The quantitative estimate of drug-likeness (QED) is 0.794.